The monoisotopic (exact) mass is 331 g/mol. The number of likely N-dealkylation sites (tertiary alicyclic amines) is 1. The van der Waals surface area contributed by atoms with E-state index < -0.39 is 0 Å². The van der Waals surface area contributed by atoms with Crippen LogP contribution in [0.25, 0.3) is 0 Å². The third-order valence-corrected chi connectivity index (χ3v) is 5.01. The molecule has 0 bridgehead atoms. The Morgan fingerprint density at radius 1 is 1.21 bits per heavy atom. The quantitative estimate of drug-likeness (QED) is 0.915. The summed E-state index contributed by atoms with van der Waals surface area (Å²) in [5, 5.41) is 0. The van der Waals surface area contributed by atoms with E-state index in [-0.39, 0.29) is 24.2 Å². The van der Waals surface area contributed by atoms with Crippen molar-refractivity contribution in [1.82, 2.24) is 9.80 Å². The number of benzene rings is 1. The second kappa shape index (κ2) is 7.64. The maximum Gasteiger partial charge on any atom is 0.254 e. The molecule has 0 saturated carbocycles. The van der Waals surface area contributed by atoms with Gasteiger partial charge < -0.3 is 15.4 Å². The van der Waals surface area contributed by atoms with E-state index in [2.05, 4.69) is 30.9 Å². The normalized spacial score (nSPS) is 28.3. The number of amides is 1. The van der Waals surface area contributed by atoms with Crippen LogP contribution in [-0.4, -0.2) is 60.1 Å². The number of nitrogens with zero attached hydrogens (tertiary/aromatic N) is 2. The van der Waals surface area contributed by atoms with Gasteiger partial charge in [0.05, 0.1) is 12.2 Å². The number of carbonyl (C=O) groups is 1. The number of hydrogen-bond donors (Lipinski definition) is 1. The minimum Gasteiger partial charge on any atom is -0.373 e. The van der Waals surface area contributed by atoms with Crippen LogP contribution in [0.4, 0.5) is 0 Å². The van der Waals surface area contributed by atoms with Gasteiger partial charge in [-0.3, -0.25) is 9.69 Å². The molecule has 1 aromatic rings. The average molecular weight is 331 g/mol. The molecule has 2 saturated heterocycles. The van der Waals surface area contributed by atoms with Crippen molar-refractivity contribution in [3.05, 3.63) is 35.4 Å². The van der Waals surface area contributed by atoms with Gasteiger partial charge in [-0.1, -0.05) is 12.1 Å². The number of hydrogen-bond acceptors (Lipinski definition) is 4. The number of nitrogens with two attached hydrogens (primary N) is 1. The second-order valence-corrected chi connectivity index (χ2v) is 7.18. The highest BCUT2D eigenvalue weighted by Gasteiger charge is 2.28. The van der Waals surface area contributed by atoms with Gasteiger partial charge in [-0.2, -0.15) is 0 Å². The van der Waals surface area contributed by atoms with Gasteiger partial charge >= 0.3 is 0 Å². The molecule has 2 N–H and O–H groups in total. The molecular weight excluding hydrogens is 302 g/mol. The number of ether oxygens (including phenoxy) is 1. The first-order valence-corrected chi connectivity index (χ1v) is 9.04. The van der Waals surface area contributed by atoms with Gasteiger partial charge in [0, 0.05) is 44.3 Å². The third kappa shape index (κ3) is 3.97. The maximum atomic E-state index is 12.6. The highest BCUT2D eigenvalue weighted by molar-refractivity contribution is 5.94. The van der Waals surface area contributed by atoms with Gasteiger partial charge in [-0.25, -0.2) is 0 Å². The fraction of sp³-hybridized carbons (Fsp3) is 0.632. The van der Waals surface area contributed by atoms with Crippen LogP contribution in [0, 0.1) is 0 Å². The van der Waals surface area contributed by atoms with Gasteiger partial charge in [0.1, 0.15) is 0 Å². The Bertz CT molecular complexity index is 550. The highest BCUT2D eigenvalue weighted by atomic mass is 16.5. The Kier molecular flexibility index (Phi) is 5.54. The third-order valence-electron chi connectivity index (χ3n) is 5.01. The van der Waals surface area contributed by atoms with E-state index in [1.807, 2.05) is 17.0 Å². The van der Waals surface area contributed by atoms with Crippen LogP contribution in [0.5, 0.6) is 0 Å². The molecule has 0 aromatic heterocycles. The smallest absolute Gasteiger partial charge is 0.254 e. The first-order chi connectivity index (χ1) is 11.6. The van der Waals surface area contributed by atoms with Crippen LogP contribution in [-0.2, 0) is 11.3 Å². The summed E-state index contributed by atoms with van der Waals surface area (Å²) >= 11 is 0. The molecule has 5 nitrogen and oxygen atoms in total. The van der Waals surface area contributed by atoms with Crippen LogP contribution in [0.3, 0.4) is 0 Å². The van der Waals surface area contributed by atoms with Crippen LogP contribution < -0.4 is 5.73 Å². The fourth-order valence-electron chi connectivity index (χ4n) is 3.94. The summed E-state index contributed by atoms with van der Waals surface area (Å²) in [7, 11) is 0. The zero-order valence-electron chi connectivity index (χ0n) is 14.8. The topological polar surface area (TPSA) is 58.8 Å². The molecule has 5 heteroatoms. The first kappa shape index (κ1) is 17.4. The zero-order valence-corrected chi connectivity index (χ0v) is 14.8. The first-order valence-electron chi connectivity index (χ1n) is 9.04. The van der Waals surface area contributed by atoms with Gasteiger partial charge in [0.2, 0.25) is 0 Å². The van der Waals surface area contributed by atoms with Crippen molar-refractivity contribution in [2.45, 2.75) is 51.5 Å². The number of carbonyl (C=O) groups excluding carboxylic acids is 1. The SMILES string of the molecule is C[C@@H]1CN(Cc2ccc(C(=O)N3CCC[C@H]3CN)cc2)C[C@@H](C)O1. The van der Waals surface area contributed by atoms with Crippen LogP contribution in [0.15, 0.2) is 24.3 Å². The average Bonchev–Trinajstić information content (AvgIpc) is 3.02. The summed E-state index contributed by atoms with van der Waals surface area (Å²) in [6, 6.07) is 8.26. The lowest BCUT2D eigenvalue weighted by atomic mass is 10.1. The van der Waals surface area contributed by atoms with Gasteiger partial charge in [-0.15, -0.1) is 0 Å². The largest absolute Gasteiger partial charge is 0.373 e. The van der Waals surface area contributed by atoms with Crippen molar-refractivity contribution in [3.8, 4) is 0 Å². The number of rotatable bonds is 4. The molecule has 132 valence electrons. The van der Waals surface area contributed by atoms with Crippen molar-refractivity contribution in [1.29, 1.82) is 0 Å². The van der Waals surface area contributed by atoms with Crippen LogP contribution in [0.1, 0.15) is 42.6 Å². The predicted octanol–water partition coefficient (Wildman–Crippen LogP) is 1.86. The zero-order chi connectivity index (χ0) is 17.1. The molecule has 2 fully saturated rings. The minimum absolute atomic E-state index is 0.114. The molecule has 1 amide bonds. The Balaban J connectivity index is 1.62. The Labute approximate surface area is 144 Å². The van der Waals surface area contributed by atoms with E-state index in [1.54, 1.807) is 0 Å². The summed E-state index contributed by atoms with van der Waals surface area (Å²) in [6.07, 6.45) is 2.63. The predicted molar refractivity (Wildman–Crippen MR) is 94.8 cm³/mol. The van der Waals surface area contributed by atoms with Crippen molar-refractivity contribution in [2.24, 2.45) is 5.73 Å². The van der Waals surface area contributed by atoms with Crippen molar-refractivity contribution < 1.29 is 9.53 Å². The summed E-state index contributed by atoms with van der Waals surface area (Å²) < 4.78 is 5.78. The Morgan fingerprint density at radius 3 is 2.50 bits per heavy atom. The lowest BCUT2D eigenvalue weighted by Crippen LogP contribution is -2.44. The van der Waals surface area contributed by atoms with Crippen molar-refractivity contribution >= 4 is 5.91 Å². The Hall–Kier alpha value is -1.43. The van der Waals surface area contributed by atoms with E-state index in [9.17, 15) is 4.79 Å². The molecule has 0 aliphatic carbocycles. The minimum atomic E-state index is 0.114. The van der Waals surface area contributed by atoms with E-state index in [0.717, 1.165) is 44.6 Å². The fourth-order valence-corrected chi connectivity index (χ4v) is 3.94. The van der Waals surface area contributed by atoms with E-state index in [0.29, 0.717) is 6.54 Å². The molecule has 2 aliphatic rings. The standard InChI is InChI=1S/C19H29N3O2/c1-14-11-21(12-15(2)24-14)13-16-5-7-17(8-6-16)19(23)22-9-3-4-18(22)10-20/h5-8,14-15,18H,3-4,9-13,20H2,1-2H3/t14-,15-,18+/m1/s1. The van der Waals surface area contributed by atoms with E-state index in [1.165, 1.54) is 5.56 Å². The molecule has 0 spiro atoms. The molecule has 0 unspecified atom stereocenters. The van der Waals surface area contributed by atoms with Crippen molar-refractivity contribution in [2.75, 3.05) is 26.2 Å². The molecule has 3 atom stereocenters. The highest BCUT2D eigenvalue weighted by Crippen LogP contribution is 2.20. The Morgan fingerprint density at radius 2 is 1.88 bits per heavy atom. The lowest BCUT2D eigenvalue weighted by molar-refractivity contribution is -0.0704. The lowest BCUT2D eigenvalue weighted by Gasteiger charge is -2.35. The van der Waals surface area contributed by atoms with Gasteiger partial charge in [0.25, 0.3) is 5.91 Å². The molecule has 3 rings (SSSR count). The van der Waals surface area contributed by atoms with Gasteiger partial charge in [0.15, 0.2) is 0 Å². The van der Waals surface area contributed by atoms with Gasteiger partial charge in [-0.05, 0) is 44.4 Å². The summed E-state index contributed by atoms with van der Waals surface area (Å²) in [4.78, 5) is 17.0. The molecular formula is C19H29N3O2. The maximum absolute atomic E-state index is 12.6. The van der Waals surface area contributed by atoms with E-state index in [4.69, 9.17) is 10.5 Å². The second-order valence-electron chi connectivity index (χ2n) is 7.18. The molecule has 2 aliphatic heterocycles. The van der Waals surface area contributed by atoms with E-state index >= 15 is 0 Å². The summed E-state index contributed by atoms with van der Waals surface area (Å²) in [5.74, 6) is 0.114. The van der Waals surface area contributed by atoms with Crippen LogP contribution in [0.2, 0.25) is 0 Å². The molecule has 2 heterocycles. The van der Waals surface area contributed by atoms with Crippen LogP contribution >= 0.6 is 0 Å². The molecule has 0 radical (unpaired) electrons. The number of morpholine rings is 1. The summed E-state index contributed by atoms with van der Waals surface area (Å²) in [5.41, 5.74) is 7.79. The molecule has 24 heavy (non-hydrogen) atoms. The van der Waals surface area contributed by atoms with Crippen molar-refractivity contribution in [3.63, 3.8) is 0 Å². The molecule has 1 aromatic carbocycles. The summed E-state index contributed by atoms with van der Waals surface area (Å²) in [6.45, 7) is 8.43.